The number of amides is 1. The summed E-state index contributed by atoms with van der Waals surface area (Å²) in [5, 5.41) is 6.48. The van der Waals surface area contributed by atoms with Gasteiger partial charge in [0, 0.05) is 29.7 Å². The molecule has 4 heteroatoms. The Balaban J connectivity index is 1.82. The first-order chi connectivity index (χ1) is 11.1. The second-order valence-corrected chi connectivity index (χ2v) is 6.41. The quantitative estimate of drug-likeness (QED) is 0.912. The van der Waals surface area contributed by atoms with E-state index in [0.717, 1.165) is 35.6 Å². The van der Waals surface area contributed by atoms with Gasteiger partial charge in [0.15, 0.2) is 0 Å². The maximum Gasteiger partial charge on any atom is 0.253 e. The van der Waals surface area contributed by atoms with Crippen LogP contribution in [0.3, 0.4) is 0 Å². The number of nitrogens with zero attached hydrogens (tertiary/aromatic N) is 1. The van der Waals surface area contributed by atoms with Crippen LogP contribution in [0.2, 0.25) is 0 Å². The summed E-state index contributed by atoms with van der Waals surface area (Å²) >= 11 is 0. The fourth-order valence-corrected chi connectivity index (χ4v) is 3.42. The molecule has 1 atom stereocenters. The van der Waals surface area contributed by atoms with Crippen LogP contribution in [0.5, 0.6) is 0 Å². The van der Waals surface area contributed by atoms with Crippen LogP contribution in [-0.2, 0) is 0 Å². The monoisotopic (exact) mass is 311 g/mol. The Kier molecular flexibility index (Phi) is 4.53. The fraction of sp³-hybridized carbons (Fsp3) is 0.421. The maximum atomic E-state index is 12.6. The van der Waals surface area contributed by atoms with Crippen LogP contribution in [0.4, 0.5) is 0 Å². The molecule has 2 N–H and O–H groups in total. The molecule has 3 rings (SSSR count). The van der Waals surface area contributed by atoms with Crippen molar-refractivity contribution >= 4 is 5.91 Å². The number of aryl methyl sites for hydroxylation is 2. The van der Waals surface area contributed by atoms with E-state index in [-0.39, 0.29) is 5.91 Å². The van der Waals surface area contributed by atoms with Crippen LogP contribution in [0.15, 0.2) is 30.3 Å². The van der Waals surface area contributed by atoms with E-state index in [0.29, 0.717) is 12.6 Å². The van der Waals surface area contributed by atoms with Crippen molar-refractivity contribution in [2.24, 2.45) is 0 Å². The highest BCUT2D eigenvalue weighted by molar-refractivity contribution is 5.96. The van der Waals surface area contributed by atoms with E-state index >= 15 is 0 Å². The van der Waals surface area contributed by atoms with Gasteiger partial charge in [-0.2, -0.15) is 0 Å². The first-order valence-electron chi connectivity index (χ1n) is 8.34. The number of para-hydroxylation sites is 1. The van der Waals surface area contributed by atoms with Gasteiger partial charge in [-0.25, -0.2) is 0 Å². The molecule has 122 valence electrons. The van der Waals surface area contributed by atoms with Gasteiger partial charge in [0.1, 0.15) is 0 Å². The van der Waals surface area contributed by atoms with Crippen LogP contribution < -0.4 is 10.6 Å². The number of hydrogen-bond acceptors (Lipinski definition) is 2. The Labute approximate surface area is 137 Å². The number of benzene rings is 1. The van der Waals surface area contributed by atoms with Gasteiger partial charge in [0.25, 0.3) is 5.91 Å². The second kappa shape index (κ2) is 6.59. The Bertz CT molecular complexity index is 711. The van der Waals surface area contributed by atoms with E-state index in [1.807, 2.05) is 25.1 Å². The number of hydrogen-bond donors (Lipinski definition) is 2. The zero-order valence-corrected chi connectivity index (χ0v) is 14.1. The minimum Gasteiger partial charge on any atom is -0.350 e. The summed E-state index contributed by atoms with van der Waals surface area (Å²) in [5.41, 5.74) is 5.19. The zero-order valence-electron chi connectivity index (χ0n) is 14.1. The molecule has 1 fully saturated rings. The van der Waals surface area contributed by atoms with E-state index in [2.05, 4.69) is 41.2 Å². The molecule has 2 heterocycles. The number of aromatic nitrogens is 1. The third kappa shape index (κ3) is 3.17. The smallest absolute Gasteiger partial charge is 0.253 e. The molecule has 1 aromatic heterocycles. The molecule has 0 bridgehead atoms. The lowest BCUT2D eigenvalue weighted by Crippen LogP contribution is -2.37. The average molecular weight is 311 g/mol. The van der Waals surface area contributed by atoms with E-state index < -0.39 is 0 Å². The lowest BCUT2D eigenvalue weighted by atomic mass is 10.2. The van der Waals surface area contributed by atoms with Crippen LogP contribution >= 0.6 is 0 Å². The normalized spacial score (nSPS) is 17.4. The predicted octanol–water partition coefficient (Wildman–Crippen LogP) is 2.88. The molecule has 1 amide bonds. The van der Waals surface area contributed by atoms with E-state index in [1.54, 1.807) is 0 Å². The second-order valence-electron chi connectivity index (χ2n) is 6.41. The van der Waals surface area contributed by atoms with E-state index in [9.17, 15) is 4.79 Å². The summed E-state index contributed by atoms with van der Waals surface area (Å²) in [6.45, 7) is 7.92. The van der Waals surface area contributed by atoms with Gasteiger partial charge in [-0.05, 0) is 57.9 Å². The summed E-state index contributed by atoms with van der Waals surface area (Å²) in [6, 6.07) is 10.7. The van der Waals surface area contributed by atoms with Crippen LogP contribution in [0, 0.1) is 20.8 Å². The van der Waals surface area contributed by atoms with Crippen molar-refractivity contribution in [3.05, 3.63) is 52.8 Å². The van der Waals surface area contributed by atoms with Crippen LogP contribution in [0.1, 0.15) is 40.2 Å². The average Bonchev–Trinajstić information content (AvgIpc) is 3.14. The lowest BCUT2D eigenvalue weighted by molar-refractivity contribution is 0.0949. The van der Waals surface area contributed by atoms with E-state index in [1.165, 1.54) is 12.0 Å². The summed E-state index contributed by atoms with van der Waals surface area (Å²) < 4.78 is 2.16. The highest BCUT2D eigenvalue weighted by atomic mass is 16.1. The van der Waals surface area contributed by atoms with Crippen LogP contribution in [-0.4, -0.2) is 29.6 Å². The fourth-order valence-electron chi connectivity index (χ4n) is 3.42. The van der Waals surface area contributed by atoms with Crippen LogP contribution in [0.25, 0.3) is 5.69 Å². The van der Waals surface area contributed by atoms with Crippen molar-refractivity contribution < 1.29 is 4.79 Å². The minimum absolute atomic E-state index is 0.0200. The molecule has 0 saturated carbocycles. The van der Waals surface area contributed by atoms with Crippen molar-refractivity contribution in [1.29, 1.82) is 0 Å². The summed E-state index contributed by atoms with van der Waals surface area (Å²) in [6.07, 6.45) is 2.34. The third-order valence-corrected chi connectivity index (χ3v) is 4.70. The Morgan fingerprint density at radius 1 is 1.30 bits per heavy atom. The van der Waals surface area contributed by atoms with Gasteiger partial charge in [-0.15, -0.1) is 0 Å². The largest absolute Gasteiger partial charge is 0.350 e. The molecule has 4 nitrogen and oxygen atoms in total. The molecule has 1 saturated heterocycles. The van der Waals surface area contributed by atoms with Crippen molar-refractivity contribution in [2.75, 3.05) is 13.1 Å². The molecular weight excluding hydrogens is 286 g/mol. The van der Waals surface area contributed by atoms with Crippen molar-refractivity contribution in [3.63, 3.8) is 0 Å². The number of carbonyl (C=O) groups excluding carboxylic acids is 1. The number of carbonyl (C=O) groups is 1. The van der Waals surface area contributed by atoms with E-state index in [4.69, 9.17) is 0 Å². The third-order valence-electron chi connectivity index (χ3n) is 4.70. The highest BCUT2D eigenvalue weighted by Crippen LogP contribution is 2.23. The van der Waals surface area contributed by atoms with Crippen molar-refractivity contribution in [3.8, 4) is 5.69 Å². The van der Waals surface area contributed by atoms with Gasteiger partial charge >= 0.3 is 0 Å². The summed E-state index contributed by atoms with van der Waals surface area (Å²) in [5.74, 6) is 0.0200. The molecule has 0 aliphatic carbocycles. The number of nitrogens with one attached hydrogen (secondary N) is 2. The van der Waals surface area contributed by atoms with Gasteiger partial charge < -0.3 is 15.2 Å². The maximum absolute atomic E-state index is 12.6. The Morgan fingerprint density at radius 2 is 2.09 bits per heavy atom. The first-order valence-corrected chi connectivity index (χ1v) is 8.34. The Morgan fingerprint density at radius 3 is 2.78 bits per heavy atom. The van der Waals surface area contributed by atoms with Crippen molar-refractivity contribution in [2.45, 2.75) is 39.7 Å². The van der Waals surface area contributed by atoms with Gasteiger partial charge in [-0.3, -0.25) is 4.79 Å². The lowest BCUT2D eigenvalue weighted by Gasteiger charge is -2.13. The first kappa shape index (κ1) is 15.8. The molecule has 1 aromatic carbocycles. The summed E-state index contributed by atoms with van der Waals surface area (Å²) in [4.78, 5) is 12.6. The topological polar surface area (TPSA) is 46.1 Å². The molecule has 1 aliphatic heterocycles. The molecule has 0 spiro atoms. The predicted molar refractivity (Wildman–Crippen MR) is 93.3 cm³/mol. The van der Waals surface area contributed by atoms with Gasteiger partial charge in [-0.1, -0.05) is 18.2 Å². The molecule has 23 heavy (non-hydrogen) atoms. The minimum atomic E-state index is 0.0200. The van der Waals surface area contributed by atoms with Gasteiger partial charge in [0.2, 0.25) is 0 Å². The standard InChI is InChI=1S/C19H25N3O/c1-13-7-4-5-9-18(13)22-14(2)11-17(15(22)3)19(23)21-12-16-8-6-10-20-16/h4-5,7,9,11,16,20H,6,8,10,12H2,1-3H3,(H,21,23). The SMILES string of the molecule is Cc1ccccc1-n1c(C)cc(C(=O)NCC2CCCN2)c1C. The molecular formula is C19H25N3O. The van der Waals surface area contributed by atoms with Crippen molar-refractivity contribution in [1.82, 2.24) is 15.2 Å². The zero-order chi connectivity index (χ0) is 16.4. The van der Waals surface area contributed by atoms with Gasteiger partial charge in [0.05, 0.1) is 5.56 Å². The number of rotatable bonds is 4. The Hall–Kier alpha value is -2.07. The summed E-state index contributed by atoms with van der Waals surface area (Å²) in [7, 11) is 0. The highest BCUT2D eigenvalue weighted by Gasteiger charge is 2.19. The molecule has 1 unspecified atom stereocenters. The molecule has 1 aliphatic rings. The molecule has 2 aromatic rings. The molecule has 0 radical (unpaired) electrons.